The van der Waals surface area contributed by atoms with Gasteiger partial charge in [-0.05, 0) is 0 Å². The van der Waals surface area contributed by atoms with E-state index in [1.54, 1.807) is 0 Å². The lowest BCUT2D eigenvalue weighted by Crippen LogP contribution is -2.34. The van der Waals surface area contributed by atoms with Crippen LogP contribution in [-0.2, 0) is 18.9 Å². The Morgan fingerprint density at radius 1 is 0.615 bits per heavy atom. The van der Waals surface area contributed by atoms with Crippen LogP contribution in [0.2, 0.25) is 0 Å². The van der Waals surface area contributed by atoms with Gasteiger partial charge >= 0.3 is 12.1 Å². The predicted molar refractivity (Wildman–Crippen MR) is 92.6 cm³/mol. The summed E-state index contributed by atoms with van der Waals surface area (Å²) in [5.74, 6) is 0. The number of primary amides is 2. The highest BCUT2D eigenvalue weighted by atomic mass is 16.5. The molecule has 12 heteroatoms. The molecule has 26 heavy (non-hydrogen) atoms. The van der Waals surface area contributed by atoms with Crippen LogP contribution in [0.15, 0.2) is 0 Å². The highest BCUT2D eigenvalue weighted by Crippen LogP contribution is 1.80. The van der Waals surface area contributed by atoms with E-state index in [-0.39, 0.29) is 13.2 Å². The van der Waals surface area contributed by atoms with Crippen LogP contribution in [0, 0.1) is 0 Å². The number of hydrogen-bond donors (Lipinski definition) is 6. The fourth-order valence-corrected chi connectivity index (χ4v) is 1.27. The number of urea groups is 2. The first-order valence-corrected chi connectivity index (χ1v) is 8.13. The minimum atomic E-state index is -0.584. The molecule has 0 rings (SSSR count). The number of carbonyl (C=O) groups is 2. The third kappa shape index (κ3) is 30.2. The molecule has 0 saturated carbocycles. The maximum Gasteiger partial charge on any atom is 0.312 e. The van der Waals surface area contributed by atoms with Gasteiger partial charge in [0, 0.05) is 13.1 Å². The SMILES string of the molecule is NC(=O)NCCOCCNC(N)=O.OCCOCCOCCOCCO. The zero-order valence-corrected chi connectivity index (χ0v) is 15.0. The van der Waals surface area contributed by atoms with E-state index in [0.29, 0.717) is 65.9 Å². The van der Waals surface area contributed by atoms with E-state index < -0.39 is 12.1 Å². The molecule has 0 fully saturated rings. The van der Waals surface area contributed by atoms with Gasteiger partial charge in [0.2, 0.25) is 0 Å². The highest BCUT2D eigenvalue weighted by Gasteiger charge is 1.93. The van der Waals surface area contributed by atoms with Crippen molar-refractivity contribution in [2.45, 2.75) is 0 Å². The van der Waals surface area contributed by atoms with Crippen LogP contribution in [-0.4, -0.2) is 101 Å². The van der Waals surface area contributed by atoms with Crippen LogP contribution in [0.5, 0.6) is 0 Å². The predicted octanol–water partition coefficient (Wildman–Crippen LogP) is -2.64. The third-order valence-corrected chi connectivity index (χ3v) is 2.31. The Hall–Kier alpha value is -1.70. The molecule has 0 aliphatic rings. The van der Waals surface area contributed by atoms with Gasteiger partial charge in [0.25, 0.3) is 0 Å². The van der Waals surface area contributed by atoms with Gasteiger partial charge in [0.05, 0.1) is 66.1 Å². The lowest BCUT2D eigenvalue weighted by atomic mass is 10.6. The quantitative estimate of drug-likeness (QED) is 0.156. The summed E-state index contributed by atoms with van der Waals surface area (Å²) in [6.07, 6.45) is 0. The molecular weight excluding hydrogens is 352 g/mol. The molecule has 4 amide bonds. The van der Waals surface area contributed by atoms with Gasteiger partial charge in [0.15, 0.2) is 0 Å². The maximum absolute atomic E-state index is 10.2. The molecular formula is C14H32N4O8. The number of aliphatic hydroxyl groups is 2. The Morgan fingerprint density at radius 3 is 1.23 bits per heavy atom. The molecule has 0 atom stereocenters. The summed E-state index contributed by atoms with van der Waals surface area (Å²) in [4.78, 5) is 20.3. The number of hydrogen-bond acceptors (Lipinski definition) is 8. The summed E-state index contributed by atoms with van der Waals surface area (Å²) in [5, 5.41) is 21.4. The van der Waals surface area contributed by atoms with Gasteiger partial charge in [-0.2, -0.15) is 0 Å². The molecule has 0 unspecified atom stereocenters. The minimum absolute atomic E-state index is 0.0413. The normalized spacial score (nSPS) is 9.92. The Kier molecular flexibility index (Phi) is 23.8. The summed E-state index contributed by atoms with van der Waals surface area (Å²) in [6, 6.07) is -1.17. The molecule has 0 radical (unpaired) electrons. The van der Waals surface area contributed by atoms with E-state index in [0.717, 1.165) is 0 Å². The van der Waals surface area contributed by atoms with Crippen LogP contribution in [0.1, 0.15) is 0 Å². The molecule has 156 valence electrons. The Morgan fingerprint density at radius 2 is 0.923 bits per heavy atom. The molecule has 0 aliphatic carbocycles. The van der Waals surface area contributed by atoms with Gasteiger partial charge in [-0.3, -0.25) is 0 Å². The van der Waals surface area contributed by atoms with E-state index in [2.05, 4.69) is 10.6 Å². The van der Waals surface area contributed by atoms with Gasteiger partial charge in [-0.15, -0.1) is 0 Å². The standard InChI is InChI=1S/C8H18O5.C6H14N4O3/c9-1-3-11-5-7-13-8-6-12-4-2-10;7-5(11)9-1-3-13-4-2-10-6(8)12/h9-10H,1-8H2;1-4H2,(H3,7,9,11)(H3,8,10,12). The molecule has 0 aromatic rings. The molecule has 0 aromatic heterocycles. The smallest absolute Gasteiger partial charge is 0.312 e. The van der Waals surface area contributed by atoms with E-state index >= 15 is 0 Å². The Labute approximate surface area is 153 Å². The third-order valence-electron chi connectivity index (χ3n) is 2.31. The van der Waals surface area contributed by atoms with Crippen LogP contribution in [0.25, 0.3) is 0 Å². The lowest BCUT2D eigenvalue weighted by Gasteiger charge is -2.04. The first-order chi connectivity index (χ1) is 12.5. The molecule has 0 bridgehead atoms. The van der Waals surface area contributed by atoms with Crippen molar-refractivity contribution in [2.24, 2.45) is 11.5 Å². The monoisotopic (exact) mass is 384 g/mol. The molecule has 8 N–H and O–H groups in total. The summed E-state index contributed by atoms with van der Waals surface area (Å²) in [7, 11) is 0. The second-order valence-electron chi connectivity index (χ2n) is 4.48. The Balaban J connectivity index is 0. The van der Waals surface area contributed by atoms with Crippen LogP contribution in [0.4, 0.5) is 9.59 Å². The van der Waals surface area contributed by atoms with Crippen molar-refractivity contribution in [3.63, 3.8) is 0 Å². The van der Waals surface area contributed by atoms with E-state index in [1.807, 2.05) is 0 Å². The van der Waals surface area contributed by atoms with Crippen molar-refractivity contribution in [1.82, 2.24) is 10.6 Å². The molecule has 0 spiro atoms. The molecule has 12 nitrogen and oxygen atoms in total. The zero-order valence-electron chi connectivity index (χ0n) is 15.0. The summed E-state index contributed by atoms with van der Waals surface area (Å²) in [5.41, 5.74) is 9.59. The fourth-order valence-electron chi connectivity index (χ4n) is 1.27. The average molecular weight is 384 g/mol. The first-order valence-electron chi connectivity index (χ1n) is 8.13. The van der Waals surface area contributed by atoms with E-state index in [9.17, 15) is 9.59 Å². The van der Waals surface area contributed by atoms with E-state index in [1.165, 1.54) is 0 Å². The second kappa shape index (κ2) is 23.3. The number of amides is 4. The first kappa shape index (κ1) is 26.5. The zero-order chi connectivity index (χ0) is 19.9. The minimum Gasteiger partial charge on any atom is -0.394 e. The van der Waals surface area contributed by atoms with Crippen molar-refractivity contribution < 1.29 is 38.7 Å². The van der Waals surface area contributed by atoms with Crippen LogP contribution >= 0.6 is 0 Å². The largest absolute Gasteiger partial charge is 0.394 e. The maximum atomic E-state index is 10.2. The van der Waals surface area contributed by atoms with Gasteiger partial charge < -0.3 is 51.3 Å². The van der Waals surface area contributed by atoms with Gasteiger partial charge in [0.1, 0.15) is 0 Å². The number of aliphatic hydroxyl groups excluding tert-OH is 2. The molecule has 0 heterocycles. The average Bonchev–Trinajstić information content (AvgIpc) is 2.59. The second-order valence-corrected chi connectivity index (χ2v) is 4.48. The molecule has 0 aliphatic heterocycles. The van der Waals surface area contributed by atoms with Crippen molar-refractivity contribution in [3.8, 4) is 0 Å². The highest BCUT2D eigenvalue weighted by molar-refractivity contribution is 5.71. The Bertz CT molecular complexity index is 295. The summed E-state index contributed by atoms with van der Waals surface area (Å²) in [6.45, 7) is 4.17. The van der Waals surface area contributed by atoms with Gasteiger partial charge in [-0.25, -0.2) is 9.59 Å². The number of ether oxygens (including phenoxy) is 4. The van der Waals surface area contributed by atoms with Crippen molar-refractivity contribution >= 4 is 12.1 Å². The topological polar surface area (TPSA) is 188 Å². The molecule has 0 aromatic carbocycles. The number of nitrogens with one attached hydrogen (secondary N) is 2. The summed E-state index contributed by atoms with van der Waals surface area (Å²) < 4.78 is 20.0. The van der Waals surface area contributed by atoms with Crippen LogP contribution < -0.4 is 22.1 Å². The molecule has 0 saturated heterocycles. The van der Waals surface area contributed by atoms with Crippen LogP contribution in [0.3, 0.4) is 0 Å². The van der Waals surface area contributed by atoms with Gasteiger partial charge in [-0.1, -0.05) is 0 Å². The number of rotatable bonds is 16. The van der Waals surface area contributed by atoms with Crippen molar-refractivity contribution in [2.75, 3.05) is 79.2 Å². The number of carbonyl (C=O) groups excluding carboxylic acids is 2. The van der Waals surface area contributed by atoms with E-state index in [4.69, 9.17) is 40.6 Å². The fraction of sp³-hybridized carbons (Fsp3) is 0.857. The summed E-state index contributed by atoms with van der Waals surface area (Å²) >= 11 is 0. The number of nitrogens with two attached hydrogens (primary N) is 2. The van der Waals surface area contributed by atoms with Crippen molar-refractivity contribution in [3.05, 3.63) is 0 Å². The van der Waals surface area contributed by atoms with Crippen molar-refractivity contribution in [1.29, 1.82) is 0 Å². The lowest BCUT2D eigenvalue weighted by molar-refractivity contribution is 0.00230.